The van der Waals surface area contributed by atoms with E-state index in [-0.39, 0.29) is 6.04 Å². The molecule has 2 aromatic heterocycles. The van der Waals surface area contributed by atoms with E-state index in [4.69, 9.17) is 4.74 Å². The molecular formula is C25H25N3O3. The number of H-pyrrole nitrogens is 1. The summed E-state index contributed by atoms with van der Waals surface area (Å²) in [4.78, 5) is 19.7. The molecule has 158 valence electrons. The number of hydrogen-bond donors (Lipinski definition) is 3. The average molecular weight is 415 g/mol. The van der Waals surface area contributed by atoms with Gasteiger partial charge in [0.2, 0.25) is 0 Å². The van der Waals surface area contributed by atoms with Gasteiger partial charge in [0.05, 0.1) is 5.52 Å². The quantitative estimate of drug-likeness (QED) is 0.407. The molecule has 0 aliphatic carbocycles. The van der Waals surface area contributed by atoms with Gasteiger partial charge in [-0.3, -0.25) is 9.78 Å². The van der Waals surface area contributed by atoms with E-state index in [1.54, 1.807) is 18.3 Å². The van der Waals surface area contributed by atoms with Crippen molar-refractivity contribution in [1.82, 2.24) is 15.3 Å². The van der Waals surface area contributed by atoms with Gasteiger partial charge in [0.25, 0.3) is 5.91 Å². The van der Waals surface area contributed by atoms with E-state index in [0.29, 0.717) is 18.6 Å². The molecule has 0 saturated carbocycles. The Morgan fingerprint density at radius 2 is 1.97 bits per heavy atom. The molecule has 4 rings (SSSR count). The number of nitrogens with zero attached hydrogens (tertiary/aromatic N) is 1. The molecule has 0 aliphatic heterocycles. The van der Waals surface area contributed by atoms with Crippen molar-refractivity contribution in [1.29, 1.82) is 0 Å². The standard InChI is InChI=1S/C25H25N3O3/c1-17(28-25(30)24(29)19-9-6-12-26-14-19)13-20-15-27-23-21(20)10-5-11-22(23)31-16-18-7-3-2-4-8-18/h2-12,14-15,17,24,27,29H,13,16H2,1H3,(H,28,30)/t17-,24-/m1/s1. The molecule has 2 atom stereocenters. The van der Waals surface area contributed by atoms with Crippen molar-refractivity contribution >= 4 is 16.8 Å². The number of carbonyl (C=O) groups is 1. The monoisotopic (exact) mass is 415 g/mol. The van der Waals surface area contributed by atoms with E-state index in [0.717, 1.165) is 27.8 Å². The van der Waals surface area contributed by atoms with Crippen LogP contribution in [0.5, 0.6) is 5.75 Å². The largest absolute Gasteiger partial charge is 0.487 e. The Labute approximate surface area is 180 Å². The molecule has 0 radical (unpaired) electrons. The third kappa shape index (κ3) is 4.92. The molecule has 0 aliphatic rings. The van der Waals surface area contributed by atoms with Crippen molar-refractivity contribution in [3.8, 4) is 5.75 Å². The molecule has 6 nitrogen and oxygen atoms in total. The lowest BCUT2D eigenvalue weighted by molar-refractivity contribution is -0.130. The van der Waals surface area contributed by atoms with Gasteiger partial charge in [-0.05, 0) is 36.6 Å². The first-order valence-corrected chi connectivity index (χ1v) is 10.3. The predicted octanol–water partition coefficient (Wildman–Crippen LogP) is 3.92. The van der Waals surface area contributed by atoms with Crippen LogP contribution in [-0.2, 0) is 17.8 Å². The number of benzene rings is 2. The highest BCUT2D eigenvalue weighted by atomic mass is 16.5. The van der Waals surface area contributed by atoms with Crippen LogP contribution < -0.4 is 10.1 Å². The molecule has 3 N–H and O–H groups in total. The molecule has 0 bridgehead atoms. The fourth-order valence-corrected chi connectivity index (χ4v) is 3.60. The lowest BCUT2D eigenvalue weighted by atomic mass is 10.0. The number of para-hydroxylation sites is 1. The number of fused-ring (bicyclic) bond motifs is 1. The maximum atomic E-state index is 12.4. The molecule has 31 heavy (non-hydrogen) atoms. The number of carbonyl (C=O) groups excluding carboxylic acids is 1. The first-order chi connectivity index (χ1) is 15.1. The fourth-order valence-electron chi connectivity index (χ4n) is 3.60. The van der Waals surface area contributed by atoms with Gasteiger partial charge in [0.15, 0.2) is 6.10 Å². The SMILES string of the molecule is C[C@H](Cc1c[nH]c2c(OCc3ccccc3)cccc12)NC(=O)[C@H](O)c1cccnc1. The predicted molar refractivity (Wildman–Crippen MR) is 120 cm³/mol. The third-order valence-electron chi connectivity index (χ3n) is 5.16. The van der Waals surface area contributed by atoms with Crippen LogP contribution in [0.25, 0.3) is 10.9 Å². The van der Waals surface area contributed by atoms with Crippen molar-refractivity contribution in [2.75, 3.05) is 0 Å². The minimum absolute atomic E-state index is 0.160. The van der Waals surface area contributed by atoms with E-state index in [2.05, 4.69) is 15.3 Å². The van der Waals surface area contributed by atoms with Crippen LogP contribution in [-0.4, -0.2) is 27.0 Å². The minimum atomic E-state index is -1.24. The van der Waals surface area contributed by atoms with Gasteiger partial charge in [-0.15, -0.1) is 0 Å². The summed E-state index contributed by atoms with van der Waals surface area (Å²) in [7, 11) is 0. The van der Waals surface area contributed by atoms with Crippen molar-refractivity contribution in [2.24, 2.45) is 0 Å². The minimum Gasteiger partial charge on any atom is -0.487 e. The zero-order chi connectivity index (χ0) is 21.6. The number of amides is 1. The lowest BCUT2D eigenvalue weighted by Crippen LogP contribution is -2.37. The molecular weight excluding hydrogens is 390 g/mol. The molecule has 0 unspecified atom stereocenters. The second kappa shape index (κ2) is 9.45. The van der Waals surface area contributed by atoms with Crippen LogP contribution in [0.2, 0.25) is 0 Å². The van der Waals surface area contributed by atoms with Crippen LogP contribution >= 0.6 is 0 Å². The van der Waals surface area contributed by atoms with Gasteiger partial charge in [-0.2, -0.15) is 0 Å². The van der Waals surface area contributed by atoms with Crippen LogP contribution in [0.15, 0.2) is 79.3 Å². The summed E-state index contributed by atoms with van der Waals surface area (Å²) >= 11 is 0. The Kier molecular flexibility index (Phi) is 6.29. The first kappa shape index (κ1) is 20.6. The number of ether oxygens (including phenoxy) is 1. The number of aromatic nitrogens is 2. The topological polar surface area (TPSA) is 87.2 Å². The molecule has 6 heteroatoms. The van der Waals surface area contributed by atoms with Crippen molar-refractivity contribution in [3.05, 3.63) is 95.9 Å². The second-order valence-electron chi connectivity index (χ2n) is 7.57. The number of nitrogens with one attached hydrogen (secondary N) is 2. The van der Waals surface area contributed by atoms with Gasteiger partial charge in [0, 0.05) is 35.6 Å². The van der Waals surface area contributed by atoms with Gasteiger partial charge in [0.1, 0.15) is 12.4 Å². The van der Waals surface area contributed by atoms with Crippen LogP contribution in [0.4, 0.5) is 0 Å². The number of aromatic amines is 1. The number of hydrogen-bond acceptors (Lipinski definition) is 4. The number of aliphatic hydroxyl groups is 1. The number of pyridine rings is 1. The maximum Gasteiger partial charge on any atom is 0.253 e. The molecule has 1 amide bonds. The summed E-state index contributed by atoms with van der Waals surface area (Å²) in [5.74, 6) is 0.350. The Morgan fingerprint density at radius 1 is 1.13 bits per heavy atom. The smallest absolute Gasteiger partial charge is 0.253 e. The highest BCUT2D eigenvalue weighted by Crippen LogP contribution is 2.28. The average Bonchev–Trinajstić information content (AvgIpc) is 3.21. The summed E-state index contributed by atoms with van der Waals surface area (Å²) < 4.78 is 6.03. The van der Waals surface area contributed by atoms with E-state index in [1.165, 1.54) is 6.20 Å². The second-order valence-corrected chi connectivity index (χ2v) is 7.57. The zero-order valence-electron chi connectivity index (χ0n) is 17.3. The summed E-state index contributed by atoms with van der Waals surface area (Å²) in [6, 6.07) is 19.2. The van der Waals surface area contributed by atoms with Crippen molar-refractivity contribution < 1.29 is 14.6 Å². The number of aliphatic hydroxyl groups excluding tert-OH is 1. The Bertz CT molecular complexity index is 1140. The van der Waals surface area contributed by atoms with Crippen LogP contribution in [0.1, 0.15) is 29.7 Å². The highest BCUT2D eigenvalue weighted by Gasteiger charge is 2.20. The van der Waals surface area contributed by atoms with Gasteiger partial charge in [-0.25, -0.2) is 0 Å². The van der Waals surface area contributed by atoms with Crippen LogP contribution in [0, 0.1) is 0 Å². The van der Waals surface area contributed by atoms with Gasteiger partial charge >= 0.3 is 0 Å². The lowest BCUT2D eigenvalue weighted by Gasteiger charge is -2.17. The van der Waals surface area contributed by atoms with Gasteiger partial charge < -0.3 is 20.1 Å². The van der Waals surface area contributed by atoms with E-state index in [9.17, 15) is 9.90 Å². The van der Waals surface area contributed by atoms with E-state index < -0.39 is 12.0 Å². The molecule has 0 spiro atoms. The molecule has 0 saturated heterocycles. The first-order valence-electron chi connectivity index (χ1n) is 10.3. The van der Waals surface area contributed by atoms with E-state index in [1.807, 2.05) is 61.7 Å². The summed E-state index contributed by atoms with van der Waals surface area (Å²) in [6.45, 7) is 2.41. The van der Waals surface area contributed by atoms with Crippen molar-refractivity contribution in [3.63, 3.8) is 0 Å². The normalized spacial score (nSPS) is 13.0. The van der Waals surface area contributed by atoms with Gasteiger partial charge in [-0.1, -0.05) is 48.5 Å². The summed E-state index contributed by atoms with van der Waals surface area (Å²) in [6.07, 6.45) is 4.42. The molecule has 4 aromatic rings. The Morgan fingerprint density at radius 3 is 2.74 bits per heavy atom. The highest BCUT2D eigenvalue weighted by molar-refractivity contribution is 5.88. The van der Waals surface area contributed by atoms with Crippen molar-refractivity contribution in [2.45, 2.75) is 32.1 Å². The fraction of sp³-hybridized carbons (Fsp3) is 0.200. The summed E-state index contributed by atoms with van der Waals surface area (Å²) in [5.41, 5.74) is 3.58. The summed E-state index contributed by atoms with van der Waals surface area (Å²) in [5, 5.41) is 14.2. The maximum absolute atomic E-state index is 12.4. The number of rotatable bonds is 8. The van der Waals surface area contributed by atoms with E-state index >= 15 is 0 Å². The van der Waals surface area contributed by atoms with Crippen LogP contribution in [0.3, 0.4) is 0 Å². The zero-order valence-corrected chi connectivity index (χ0v) is 17.3. The molecule has 2 aromatic carbocycles. The Balaban J connectivity index is 1.42. The molecule has 2 heterocycles. The third-order valence-corrected chi connectivity index (χ3v) is 5.16. The molecule has 0 fully saturated rings. The Hall–Kier alpha value is -3.64.